The highest BCUT2D eigenvalue weighted by Crippen LogP contribution is 2.25. The fourth-order valence-electron chi connectivity index (χ4n) is 2.58. The molecule has 6 heteroatoms. The summed E-state index contributed by atoms with van der Waals surface area (Å²) in [6.07, 6.45) is 2.66. The van der Waals surface area contributed by atoms with E-state index >= 15 is 0 Å². The topological polar surface area (TPSA) is 75.5 Å². The fraction of sp³-hybridized carbons (Fsp3) is 0.538. The zero-order valence-electron chi connectivity index (χ0n) is 10.8. The number of furan rings is 1. The van der Waals surface area contributed by atoms with E-state index in [0.717, 1.165) is 13.0 Å². The van der Waals surface area contributed by atoms with Gasteiger partial charge in [-0.1, -0.05) is 12.1 Å². The molecule has 3 rings (SSSR count). The molecule has 0 aromatic carbocycles. The van der Waals surface area contributed by atoms with E-state index in [4.69, 9.17) is 8.94 Å². The van der Waals surface area contributed by atoms with Gasteiger partial charge in [-0.25, -0.2) is 0 Å². The third-order valence-corrected chi connectivity index (χ3v) is 3.73. The summed E-state index contributed by atoms with van der Waals surface area (Å²) < 4.78 is 10.4. The molecule has 2 unspecified atom stereocenters. The lowest BCUT2D eigenvalue weighted by molar-refractivity contribution is 0.131. The van der Waals surface area contributed by atoms with Gasteiger partial charge in [0.1, 0.15) is 0 Å². The molecule has 0 radical (unpaired) electrons. The van der Waals surface area contributed by atoms with Crippen molar-refractivity contribution in [3.8, 4) is 11.7 Å². The van der Waals surface area contributed by atoms with Crippen molar-refractivity contribution in [2.75, 3.05) is 13.2 Å². The minimum Gasteiger partial charge on any atom is -0.459 e. The summed E-state index contributed by atoms with van der Waals surface area (Å²) in [6, 6.07) is 3.75. The molecule has 1 fully saturated rings. The average Bonchev–Trinajstić information content (AvgIpc) is 3.11. The molecule has 0 saturated carbocycles. The van der Waals surface area contributed by atoms with Crippen LogP contribution < -0.4 is 0 Å². The number of likely N-dealkylation sites (tertiary alicyclic amines) is 1. The zero-order valence-corrected chi connectivity index (χ0v) is 10.8. The van der Waals surface area contributed by atoms with Gasteiger partial charge in [-0.05, 0) is 31.0 Å². The Morgan fingerprint density at radius 2 is 2.42 bits per heavy atom. The van der Waals surface area contributed by atoms with Gasteiger partial charge in [0.25, 0.3) is 5.89 Å². The lowest BCUT2D eigenvalue weighted by Crippen LogP contribution is -2.34. The molecule has 0 amide bonds. The predicted molar refractivity (Wildman–Crippen MR) is 67.1 cm³/mol. The van der Waals surface area contributed by atoms with Crippen molar-refractivity contribution in [2.24, 2.45) is 5.92 Å². The van der Waals surface area contributed by atoms with Crippen LogP contribution in [-0.4, -0.2) is 39.3 Å². The summed E-state index contributed by atoms with van der Waals surface area (Å²) in [6.45, 7) is 3.88. The standard InChI is InChI=1S/C13H17N3O3/c1-9-4-5-16(10(9)8-17)7-12-14-13(19-15-12)11-3-2-6-18-11/h2-3,6,9-10,17H,4-5,7-8H2,1H3. The summed E-state index contributed by atoms with van der Waals surface area (Å²) in [5.74, 6) is 2.10. The first-order chi connectivity index (χ1) is 9.28. The Morgan fingerprint density at radius 3 is 3.16 bits per heavy atom. The van der Waals surface area contributed by atoms with E-state index in [1.165, 1.54) is 0 Å². The monoisotopic (exact) mass is 263 g/mol. The molecule has 1 aliphatic rings. The first kappa shape index (κ1) is 12.4. The van der Waals surface area contributed by atoms with E-state index in [-0.39, 0.29) is 12.6 Å². The van der Waals surface area contributed by atoms with Crippen molar-refractivity contribution < 1.29 is 14.0 Å². The summed E-state index contributed by atoms with van der Waals surface area (Å²) in [5.41, 5.74) is 0. The Balaban J connectivity index is 1.71. The van der Waals surface area contributed by atoms with Gasteiger partial charge < -0.3 is 14.0 Å². The maximum absolute atomic E-state index is 9.42. The van der Waals surface area contributed by atoms with E-state index in [1.807, 2.05) is 0 Å². The maximum Gasteiger partial charge on any atom is 0.293 e. The minimum atomic E-state index is 0.171. The van der Waals surface area contributed by atoms with E-state index in [9.17, 15) is 5.11 Å². The van der Waals surface area contributed by atoms with Gasteiger partial charge in [0.05, 0.1) is 19.4 Å². The molecule has 6 nitrogen and oxygen atoms in total. The molecular weight excluding hydrogens is 246 g/mol. The molecule has 3 heterocycles. The number of hydrogen-bond acceptors (Lipinski definition) is 6. The van der Waals surface area contributed by atoms with Gasteiger partial charge >= 0.3 is 0 Å². The highest BCUT2D eigenvalue weighted by molar-refractivity contribution is 5.42. The van der Waals surface area contributed by atoms with Crippen molar-refractivity contribution in [1.29, 1.82) is 0 Å². The Kier molecular flexibility index (Phi) is 3.35. The first-order valence-corrected chi connectivity index (χ1v) is 6.49. The van der Waals surface area contributed by atoms with Crippen LogP contribution in [0.15, 0.2) is 27.3 Å². The van der Waals surface area contributed by atoms with Crippen molar-refractivity contribution in [1.82, 2.24) is 15.0 Å². The van der Waals surface area contributed by atoms with Crippen molar-refractivity contribution in [3.63, 3.8) is 0 Å². The minimum absolute atomic E-state index is 0.171. The molecule has 2 aromatic rings. The quantitative estimate of drug-likeness (QED) is 0.901. The van der Waals surface area contributed by atoms with Crippen LogP contribution in [0.4, 0.5) is 0 Å². The Bertz CT molecular complexity index is 523. The van der Waals surface area contributed by atoms with Gasteiger partial charge in [-0.2, -0.15) is 4.98 Å². The number of aliphatic hydroxyl groups is 1. The van der Waals surface area contributed by atoms with Gasteiger partial charge in [-0.3, -0.25) is 4.90 Å². The normalized spacial score (nSPS) is 24.1. The van der Waals surface area contributed by atoms with E-state index in [1.54, 1.807) is 18.4 Å². The van der Waals surface area contributed by atoms with Crippen LogP contribution in [0.3, 0.4) is 0 Å². The fourth-order valence-corrected chi connectivity index (χ4v) is 2.58. The van der Waals surface area contributed by atoms with Crippen LogP contribution in [0, 0.1) is 5.92 Å². The second-order valence-electron chi connectivity index (χ2n) is 4.98. The molecule has 1 aliphatic heterocycles. The van der Waals surface area contributed by atoms with Gasteiger partial charge in [-0.15, -0.1) is 0 Å². The Labute approximate surface area is 111 Å². The average molecular weight is 263 g/mol. The molecular formula is C13H17N3O3. The Hall–Kier alpha value is -1.66. The summed E-state index contributed by atoms with van der Waals surface area (Å²) in [7, 11) is 0. The van der Waals surface area contributed by atoms with Crippen LogP contribution in [-0.2, 0) is 6.54 Å². The number of rotatable bonds is 4. The van der Waals surface area contributed by atoms with E-state index in [2.05, 4.69) is 22.0 Å². The largest absolute Gasteiger partial charge is 0.459 e. The molecule has 102 valence electrons. The highest BCUT2D eigenvalue weighted by Gasteiger charge is 2.31. The van der Waals surface area contributed by atoms with Gasteiger partial charge in [0.2, 0.25) is 0 Å². The second-order valence-corrected chi connectivity index (χ2v) is 4.98. The molecule has 1 saturated heterocycles. The smallest absolute Gasteiger partial charge is 0.293 e. The number of nitrogens with zero attached hydrogens (tertiary/aromatic N) is 3. The van der Waals surface area contributed by atoms with Crippen LogP contribution in [0.5, 0.6) is 0 Å². The highest BCUT2D eigenvalue weighted by atomic mass is 16.5. The molecule has 0 bridgehead atoms. The number of aromatic nitrogens is 2. The second kappa shape index (κ2) is 5.14. The van der Waals surface area contributed by atoms with Crippen molar-refractivity contribution in [2.45, 2.75) is 25.9 Å². The molecule has 1 N–H and O–H groups in total. The van der Waals surface area contributed by atoms with E-state index < -0.39 is 0 Å². The molecule has 19 heavy (non-hydrogen) atoms. The summed E-state index contributed by atoms with van der Waals surface area (Å²) in [4.78, 5) is 6.51. The lowest BCUT2D eigenvalue weighted by Gasteiger charge is -2.23. The molecule has 0 spiro atoms. The lowest BCUT2D eigenvalue weighted by atomic mass is 10.0. The van der Waals surface area contributed by atoms with Gasteiger partial charge in [0.15, 0.2) is 11.6 Å². The first-order valence-electron chi connectivity index (χ1n) is 6.49. The molecule has 0 aliphatic carbocycles. The summed E-state index contributed by atoms with van der Waals surface area (Å²) >= 11 is 0. The number of hydrogen-bond donors (Lipinski definition) is 1. The van der Waals surface area contributed by atoms with E-state index in [0.29, 0.717) is 29.9 Å². The van der Waals surface area contributed by atoms with Crippen LogP contribution in [0.25, 0.3) is 11.7 Å². The van der Waals surface area contributed by atoms with Crippen LogP contribution in [0.1, 0.15) is 19.2 Å². The zero-order chi connectivity index (χ0) is 13.2. The third-order valence-electron chi connectivity index (χ3n) is 3.73. The van der Waals surface area contributed by atoms with Crippen molar-refractivity contribution in [3.05, 3.63) is 24.2 Å². The SMILES string of the molecule is CC1CCN(Cc2noc(-c3ccco3)n2)C1CO. The number of aliphatic hydroxyl groups excluding tert-OH is 1. The van der Waals surface area contributed by atoms with Crippen LogP contribution >= 0.6 is 0 Å². The van der Waals surface area contributed by atoms with Crippen LogP contribution in [0.2, 0.25) is 0 Å². The maximum atomic E-state index is 9.42. The molecule has 2 atom stereocenters. The van der Waals surface area contributed by atoms with Gasteiger partial charge in [0, 0.05) is 6.04 Å². The van der Waals surface area contributed by atoms with Crippen molar-refractivity contribution >= 4 is 0 Å². The molecule has 2 aromatic heterocycles. The summed E-state index contributed by atoms with van der Waals surface area (Å²) in [5, 5.41) is 13.4. The Morgan fingerprint density at radius 1 is 1.53 bits per heavy atom. The predicted octanol–water partition coefficient (Wildman–Crippen LogP) is 1.53. The third kappa shape index (κ3) is 2.41.